The minimum absolute atomic E-state index is 0.429. The third-order valence-corrected chi connectivity index (χ3v) is 2.38. The number of ether oxygens (including phenoxy) is 1. The van der Waals surface area contributed by atoms with Gasteiger partial charge >= 0.3 is 6.09 Å². The average molecular weight is 288 g/mol. The van der Waals surface area contributed by atoms with Crippen LogP contribution in [0.15, 0.2) is 35.3 Å². The molecule has 1 N–H and O–H groups in total. The number of alkyl carbamates (subject to hydrolysis) is 1. The molecule has 0 fully saturated rings. The predicted octanol–water partition coefficient (Wildman–Crippen LogP) is 3.58. The Morgan fingerprint density at radius 1 is 1.38 bits per heavy atom. The molecule has 21 heavy (non-hydrogen) atoms. The normalized spacial score (nSPS) is 11.0. The number of para-hydroxylation sites is 1. The lowest BCUT2D eigenvalue weighted by Crippen LogP contribution is -2.32. The number of amides is 1. The molecule has 0 aliphatic rings. The van der Waals surface area contributed by atoms with E-state index in [0.717, 1.165) is 5.56 Å². The van der Waals surface area contributed by atoms with Crippen molar-refractivity contribution in [3.05, 3.63) is 35.9 Å². The Hall–Kier alpha value is -2.39. The van der Waals surface area contributed by atoms with Gasteiger partial charge in [-0.15, -0.1) is 0 Å². The van der Waals surface area contributed by atoms with E-state index < -0.39 is 11.7 Å². The Morgan fingerprint density at radius 2 is 2.10 bits per heavy atom. The summed E-state index contributed by atoms with van der Waals surface area (Å²) in [6, 6.07) is 7.26. The summed E-state index contributed by atoms with van der Waals surface area (Å²) in [5, 5.41) is 2.67. The van der Waals surface area contributed by atoms with Crippen LogP contribution in [0.1, 0.15) is 32.8 Å². The minimum atomic E-state index is -0.494. The zero-order valence-corrected chi connectivity index (χ0v) is 12.6. The van der Waals surface area contributed by atoms with Crippen LogP contribution >= 0.6 is 0 Å². The van der Waals surface area contributed by atoms with E-state index in [4.69, 9.17) is 4.74 Å². The standard InChI is InChI=1S/C16H20N2O3/c1-16(2,3)21-15(20)17-11-7-6-9-13-8-4-5-10-14(13)18-12-19/h4-6,8-10H,7,11H2,1-3H3,(H,17,20). The average Bonchev–Trinajstić information content (AvgIpc) is 2.38. The molecule has 1 aromatic rings. The quantitative estimate of drug-likeness (QED) is 0.511. The van der Waals surface area contributed by atoms with Crippen molar-refractivity contribution in [1.29, 1.82) is 0 Å². The molecule has 0 spiro atoms. The summed E-state index contributed by atoms with van der Waals surface area (Å²) in [6.07, 6.45) is 5.51. The fourth-order valence-electron chi connectivity index (χ4n) is 1.56. The minimum Gasteiger partial charge on any atom is -0.444 e. The van der Waals surface area contributed by atoms with Crippen molar-refractivity contribution in [3.63, 3.8) is 0 Å². The first-order valence-corrected chi connectivity index (χ1v) is 6.72. The molecule has 0 saturated heterocycles. The summed E-state index contributed by atoms with van der Waals surface area (Å²) in [7, 11) is 0. The number of nitrogens with one attached hydrogen (secondary N) is 1. The van der Waals surface area contributed by atoms with Crippen LogP contribution in [-0.2, 0) is 9.53 Å². The number of benzene rings is 1. The highest BCUT2D eigenvalue weighted by molar-refractivity contribution is 5.68. The number of aliphatic imine (C=N–C) groups is 1. The number of carbonyl (C=O) groups is 1. The number of carbonyl (C=O) groups excluding carboxylic acids is 2. The molecular formula is C16H20N2O3. The number of isocyanates is 1. The van der Waals surface area contributed by atoms with Crippen molar-refractivity contribution < 1.29 is 14.3 Å². The Bertz CT molecular complexity index is 553. The van der Waals surface area contributed by atoms with Crippen LogP contribution in [-0.4, -0.2) is 24.3 Å². The first kappa shape index (κ1) is 16.7. The molecule has 0 aromatic heterocycles. The van der Waals surface area contributed by atoms with E-state index in [2.05, 4.69) is 10.3 Å². The van der Waals surface area contributed by atoms with Crippen LogP contribution in [0.5, 0.6) is 0 Å². The largest absolute Gasteiger partial charge is 0.444 e. The van der Waals surface area contributed by atoms with Crippen molar-refractivity contribution in [2.24, 2.45) is 4.99 Å². The molecule has 5 nitrogen and oxygen atoms in total. The summed E-state index contributed by atoms with van der Waals surface area (Å²) >= 11 is 0. The van der Waals surface area contributed by atoms with Gasteiger partial charge in [-0.05, 0) is 33.3 Å². The molecule has 0 aliphatic heterocycles. The van der Waals surface area contributed by atoms with Crippen molar-refractivity contribution in [1.82, 2.24) is 5.32 Å². The van der Waals surface area contributed by atoms with Crippen LogP contribution in [0.2, 0.25) is 0 Å². The van der Waals surface area contributed by atoms with E-state index in [1.807, 2.05) is 45.1 Å². The van der Waals surface area contributed by atoms with Gasteiger partial charge in [0.2, 0.25) is 6.08 Å². The molecule has 0 heterocycles. The van der Waals surface area contributed by atoms with Crippen molar-refractivity contribution >= 4 is 23.9 Å². The molecule has 1 rings (SSSR count). The van der Waals surface area contributed by atoms with Gasteiger partial charge in [-0.3, -0.25) is 0 Å². The van der Waals surface area contributed by atoms with Gasteiger partial charge < -0.3 is 10.1 Å². The zero-order valence-electron chi connectivity index (χ0n) is 12.6. The van der Waals surface area contributed by atoms with Gasteiger partial charge in [-0.2, -0.15) is 4.99 Å². The summed E-state index contributed by atoms with van der Waals surface area (Å²) in [6.45, 7) is 5.93. The first-order chi connectivity index (χ1) is 9.92. The fraction of sp³-hybridized carbons (Fsp3) is 0.375. The lowest BCUT2D eigenvalue weighted by molar-refractivity contribution is 0.0529. The molecule has 0 saturated carbocycles. The third kappa shape index (κ3) is 7.09. The summed E-state index contributed by atoms with van der Waals surface area (Å²) in [4.78, 5) is 25.4. The van der Waals surface area contributed by atoms with Gasteiger partial charge in [0.05, 0.1) is 5.69 Å². The van der Waals surface area contributed by atoms with E-state index >= 15 is 0 Å². The van der Waals surface area contributed by atoms with Crippen LogP contribution in [0, 0.1) is 0 Å². The number of hydrogen-bond acceptors (Lipinski definition) is 4. The lowest BCUT2D eigenvalue weighted by Gasteiger charge is -2.19. The second kappa shape index (κ2) is 8.02. The summed E-state index contributed by atoms with van der Waals surface area (Å²) < 4.78 is 5.12. The number of rotatable bonds is 5. The molecule has 5 heteroatoms. The van der Waals surface area contributed by atoms with Crippen LogP contribution in [0.3, 0.4) is 0 Å². The molecule has 0 radical (unpaired) electrons. The number of hydrogen-bond donors (Lipinski definition) is 1. The zero-order chi connectivity index (χ0) is 15.7. The Kier molecular flexibility index (Phi) is 6.37. The van der Waals surface area contributed by atoms with Gasteiger partial charge in [0.25, 0.3) is 0 Å². The molecule has 0 aliphatic carbocycles. The van der Waals surface area contributed by atoms with E-state index in [0.29, 0.717) is 18.7 Å². The van der Waals surface area contributed by atoms with E-state index in [-0.39, 0.29) is 0 Å². The lowest BCUT2D eigenvalue weighted by atomic mass is 10.1. The molecular weight excluding hydrogens is 268 g/mol. The molecule has 1 aromatic carbocycles. The van der Waals surface area contributed by atoms with Crippen molar-refractivity contribution in [2.75, 3.05) is 6.54 Å². The second-order valence-electron chi connectivity index (χ2n) is 5.38. The maximum atomic E-state index is 11.4. The second-order valence-corrected chi connectivity index (χ2v) is 5.38. The van der Waals surface area contributed by atoms with Gasteiger partial charge in [0.1, 0.15) is 5.60 Å². The number of nitrogens with zero attached hydrogens (tertiary/aromatic N) is 1. The molecule has 112 valence electrons. The highest BCUT2D eigenvalue weighted by atomic mass is 16.6. The van der Waals surface area contributed by atoms with Gasteiger partial charge in [-0.1, -0.05) is 30.4 Å². The molecule has 0 bridgehead atoms. The van der Waals surface area contributed by atoms with E-state index in [1.54, 1.807) is 12.1 Å². The summed E-state index contributed by atoms with van der Waals surface area (Å²) in [5.74, 6) is 0. The van der Waals surface area contributed by atoms with Crippen LogP contribution in [0.25, 0.3) is 6.08 Å². The molecule has 0 atom stereocenters. The first-order valence-electron chi connectivity index (χ1n) is 6.72. The smallest absolute Gasteiger partial charge is 0.407 e. The maximum absolute atomic E-state index is 11.4. The van der Waals surface area contributed by atoms with Crippen molar-refractivity contribution in [2.45, 2.75) is 32.8 Å². The summed E-state index contributed by atoms with van der Waals surface area (Å²) in [5.41, 5.74) is 0.910. The SMILES string of the molecule is CC(C)(C)OC(=O)NCCC=Cc1ccccc1N=C=O. The maximum Gasteiger partial charge on any atom is 0.407 e. The highest BCUT2D eigenvalue weighted by Crippen LogP contribution is 2.19. The van der Waals surface area contributed by atoms with E-state index in [1.165, 1.54) is 6.08 Å². The van der Waals surface area contributed by atoms with Gasteiger partial charge in [0.15, 0.2) is 0 Å². The highest BCUT2D eigenvalue weighted by Gasteiger charge is 2.15. The fourth-order valence-corrected chi connectivity index (χ4v) is 1.56. The Morgan fingerprint density at radius 3 is 2.76 bits per heavy atom. The third-order valence-electron chi connectivity index (χ3n) is 2.38. The van der Waals surface area contributed by atoms with Crippen LogP contribution in [0.4, 0.5) is 10.5 Å². The monoisotopic (exact) mass is 288 g/mol. The van der Waals surface area contributed by atoms with Crippen molar-refractivity contribution in [3.8, 4) is 0 Å². The van der Waals surface area contributed by atoms with Gasteiger partial charge in [-0.25, -0.2) is 9.59 Å². The van der Waals surface area contributed by atoms with E-state index in [9.17, 15) is 9.59 Å². The molecule has 0 unspecified atom stereocenters. The predicted molar refractivity (Wildman–Crippen MR) is 82.1 cm³/mol. The topological polar surface area (TPSA) is 67.8 Å². The molecule has 1 amide bonds. The van der Waals surface area contributed by atoms with Gasteiger partial charge in [0, 0.05) is 12.1 Å². The Labute approximate surface area is 124 Å². The van der Waals surface area contributed by atoms with Crippen LogP contribution < -0.4 is 5.32 Å². The Balaban J connectivity index is 2.43.